The second-order valence-corrected chi connectivity index (χ2v) is 3.96. The minimum Gasteiger partial charge on any atom is -0.481 e. The molecule has 1 aliphatic rings. The number of rotatable bonds is 1. The zero-order valence-electron chi connectivity index (χ0n) is 9.82. The Morgan fingerprint density at radius 2 is 2.00 bits per heavy atom. The number of carbonyl (C=O) groups excluding carboxylic acids is 1. The van der Waals surface area contributed by atoms with Gasteiger partial charge in [0.1, 0.15) is 0 Å². The third-order valence-electron chi connectivity index (χ3n) is 2.40. The van der Waals surface area contributed by atoms with E-state index in [0.29, 0.717) is 5.92 Å². The molecule has 1 saturated heterocycles. The Hall–Kier alpha value is -1.06. The summed E-state index contributed by atoms with van der Waals surface area (Å²) < 4.78 is 0. The molecule has 0 spiro atoms. The van der Waals surface area contributed by atoms with Crippen LogP contribution in [0.5, 0.6) is 0 Å². The second-order valence-electron chi connectivity index (χ2n) is 3.96. The van der Waals surface area contributed by atoms with Gasteiger partial charge in [0.05, 0.1) is 0 Å². The number of carboxylic acids is 1. The number of piperidine rings is 1. The van der Waals surface area contributed by atoms with Gasteiger partial charge in [-0.2, -0.15) is 0 Å². The van der Waals surface area contributed by atoms with Gasteiger partial charge in [-0.15, -0.1) is 0 Å². The van der Waals surface area contributed by atoms with E-state index in [-0.39, 0.29) is 12.3 Å². The smallest absolute Gasteiger partial charge is 0.303 e. The lowest BCUT2D eigenvalue weighted by Gasteiger charge is -2.29. The average molecular weight is 215 g/mol. The topological polar surface area (TPSA) is 57.6 Å². The first-order valence-electron chi connectivity index (χ1n) is 5.44. The normalized spacial score (nSPS) is 20.2. The van der Waals surface area contributed by atoms with Crippen LogP contribution in [0.15, 0.2) is 0 Å². The van der Waals surface area contributed by atoms with Crippen molar-refractivity contribution in [3.05, 3.63) is 0 Å². The van der Waals surface area contributed by atoms with Crippen molar-refractivity contribution in [3.8, 4) is 0 Å². The van der Waals surface area contributed by atoms with E-state index in [2.05, 4.69) is 6.92 Å². The summed E-state index contributed by atoms with van der Waals surface area (Å²) in [7, 11) is 0. The Labute approximate surface area is 91.3 Å². The molecule has 0 aliphatic carbocycles. The highest BCUT2D eigenvalue weighted by Gasteiger charge is 2.17. The number of nitrogens with zero attached hydrogens (tertiary/aromatic N) is 1. The van der Waals surface area contributed by atoms with E-state index in [4.69, 9.17) is 5.11 Å². The first kappa shape index (κ1) is 13.9. The molecule has 0 aromatic carbocycles. The molecule has 1 amide bonds. The molecule has 0 radical (unpaired) electrons. The third-order valence-corrected chi connectivity index (χ3v) is 2.40. The molecule has 1 aliphatic heterocycles. The molecule has 1 N–H and O–H groups in total. The summed E-state index contributed by atoms with van der Waals surface area (Å²) in [4.78, 5) is 22.2. The van der Waals surface area contributed by atoms with Crippen LogP contribution in [0.2, 0.25) is 0 Å². The summed E-state index contributed by atoms with van der Waals surface area (Å²) in [6.45, 7) is 7.39. The van der Waals surface area contributed by atoms with Crippen LogP contribution < -0.4 is 0 Å². The van der Waals surface area contributed by atoms with E-state index >= 15 is 0 Å². The van der Waals surface area contributed by atoms with Crippen molar-refractivity contribution in [2.45, 2.75) is 40.0 Å². The first-order valence-corrected chi connectivity index (χ1v) is 5.44. The maximum Gasteiger partial charge on any atom is 0.303 e. The van der Waals surface area contributed by atoms with E-state index in [0.717, 1.165) is 13.1 Å². The van der Waals surface area contributed by atoms with E-state index in [1.54, 1.807) is 13.8 Å². The Kier molecular flexibility index (Phi) is 6.75. The lowest BCUT2D eigenvalue weighted by Crippen LogP contribution is -2.37. The van der Waals surface area contributed by atoms with Gasteiger partial charge >= 0.3 is 5.97 Å². The van der Waals surface area contributed by atoms with Gasteiger partial charge in [0, 0.05) is 26.4 Å². The van der Waals surface area contributed by atoms with Crippen molar-refractivity contribution in [1.82, 2.24) is 4.90 Å². The van der Waals surface area contributed by atoms with Gasteiger partial charge in [-0.05, 0) is 18.8 Å². The largest absolute Gasteiger partial charge is 0.481 e. The summed E-state index contributed by atoms with van der Waals surface area (Å²) in [6.07, 6.45) is 2.69. The highest BCUT2D eigenvalue weighted by atomic mass is 16.4. The molecule has 0 aromatic heterocycles. The van der Waals surface area contributed by atoms with Crippen LogP contribution in [-0.4, -0.2) is 35.0 Å². The maximum absolute atomic E-state index is 10.9. The number of hydrogen-bond donors (Lipinski definition) is 1. The fourth-order valence-corrected chi connectivity index (χ4v) is 1.48. The highest BCUT2D eigenvalue weighted by molar-refractivity contribution is 5.73. The van der Waals surface area contributed by atoms with E-state index in [1.807, 2.05) is 4.90 Å². The minimum absolute atomic E-state index is 0.222. The summed E-state index contributed by atoms with van der Waals surface area (Å²) in [5.74, 6) is 0.189. The predicted molar refractivity (Wildman–Crippen MR) is 58.6 cm³/mol. The highest BCUT2D eigenvalue weighted by Crippen LogP contribution is 2.14. The zero-order valence-corrected chi connectivity index (χ0v) is 9.82. The maximum atomic E-state index is 10.9. The Balaban J connectivity index is 0.000000336. The van der Waals surface area contributed by atoms with Gasteiger partial charge in [0.25, 0.3) is 0 Å². The van der Waals surface area contributed by atoms with Gasteiger partial charge < -0.3 is 10.0 Å². The van der Waals surface area contributed by atoms with Gasteiger partial charge in [0.15, 0.2) is 0 Å². The van der Waals surface area contributed by atoms with Crippen LogP contribution in [0, 0.1) is 5.92 Å². The second kappa shape index (κ2) is 7.26. The van der Waals surface area contributed by atoms with E-state index in [1.165, 1.54) is 12.8 Å². The Morgan fingerprint density at radius 1 is 1.47 bits per heavy atom. The predicted octanol–water partition coefficient (Wildman–Crippen LogP) is 1.75. The van der Waals surface area contributed by atoms with Crippen LogP contribution >= 0.6 is 0 Å². The summed E-state index contributed by atoms with van der Waals surface area (Å²) in [5, 5.41) is 7.72. The molecule has 1 heterocycles. The molecule has 0 saturated carbocycles. The fraction of sp³-hybridized carbons (Fsp3) is 0.818. The molecule has 88 valence electrons. The summed E-state index contributed by atoms with van der Waals surface area (Å²) >= 11 is 0. The van der Waals surface area contributed by atoms with Crippen LogP contribution in [-0.2, 0) is 9.59 Å². The molecule has 1 fully saturated rings. The lowest BCUT2D eigenvalue weighted by atomic mass is 10.0. The zero-order chi connectivity index (χ0) is 11.8. The van der Waals surface area contributed by atoms with Crippen LogP contribution in [0.25, 0.3) is 0 Å². The molecule has 0 bridgehead atoms. The van der Waals surface area contributed by atoms with Crippen LogP contribution in [0.3, 0.4) is 0 Å². The minimum atomic E-state index is -0.745. The molecule has 15 heavy (non-hydrogen) atoms. The summed E-state index contributed by atoms with van der Waals surface area (Å²) in [5.41, 5.74) is 0. The number of carboxylic acid groups (broad SMARTS) is 1. The number of likely N-dealkylation sites (tertiary alicyclic amines) is 1. The van der Waals surface area contributed by atoms with Crippen molar-refractivity contribution in [1.29, 1.82) is 0 Å². The van der Waals surface area contributed by atoms with Crippen molar-refractivity contribution >= 4 is 11.9 Å². The van der Waals surface area contributed by atoms with Crippen molar-refractivity contribution in [2.75, 3.05) is 13.1 Å². The van der Waals surface area contributed by atoms with Crippen LogP contribution in [0.1, 0.15) is 40.0 Å². The molecule has 4 heteroatoms. The first-order chi connectivity index (χ1) is 6.97. The molecule has 1 unspecified atom stereocenters. The van der Waals surface area contributed by atoms with Gasteiger partial charge in [-0.25, -0.2) is 0 Å². The van der Waals surface area contributed by atoms with Gasteiger partial charge in [-0.3, -0.25) is 9.59 Å². The molecule has 4 nitrogen and oxygen atoms in total. The number of hydrogen-bond acceptors (Lipinski definition) is 2. The molecular formula is C11H21NO3. The molecular weight excluding hydrogens is 194 g/mol. The lowest BCUT2D eigenvalue weighted by molar-refractivity contribution is -0.136. The third kappa shape index (κ3) is 6.94. The fourth-order valence-electron chi connectivity index (χ4n) is 1.48. The van der Waals surface area contributed by atoms with Gasteiger partial charge in [-0.1, -0.05) is 13.8 Å². The van der Waals surface area contributed by atoms with Gasteiger partial charge in [0.2, 0.25) is 5.91 Å². The van der Waals surface area contributed by atoms with E-state index in [9.17, 15) is 9.59 Å². The number of aliphatic carboxylic acids is 1. The van der Waals surface area contributed by atoms with Crippen molar-refractivity contribution < 1.29 is 14.7 Å². The molecule has 1 rings (SSSR count). The summed E-state index contributed by atoms with van der Waals surface area (Å²) in [6, 6.07) is 0. The molecule has 1 atom stereocenters. The quantitative estimate of drug-likeness (QED) is 0.725. The van der Waals surface area contributed by atoms with Crippen LogP contribution in [0.4, 0.5) is 0 Å². The standard InChI is InChI=1S/C8H15NO.C3H6O2/c1-7-4-3-5-9(6-7)8(2)10;1-2-3(4)5/h7H,3-6H2,1-2H3;2H2,1H3,(H,4,5). The number of amides is 1. The monoisotopic (exact) mass is 215 g/mol. The SMILES string of the molecule is CC(=O)N1CCCC(C)C1.CCC(=O)O. The average Bonchev–Trinajstić information content (AvgIpc) is 2.18. The number of carbonyl (C=O) groups is 2. The van der Waals surface area contributed by atoms with E-state index < -0.39 is 5.97 Å². The van der Waals surface area contributed by atoms with Crippen molar-refractivity contribution in [3.63, 3.8) is 0 Å². The Morgan fingerprint density at radius 3 is 2.27 bits per heavy atom. The van der Waals surface area contributed by atoms with Crippen molar-refractivity contribution in [2.24, 2.45) is 5.92 Å². The Bertz CT molecular complexity index is 216. The molecule has 0 aromatic rings.